The van der Waals surface area contributed by atoms with Gasteiger partial charge in [0.1, 0.15) is 10.8 Å². The lowest BCUT2D eigenvalue weighted by Crippen LogP contribution is -2.20. The maximum Gasteiger partial charge on any atom is 0.231 e. The van der Waals surface area contributed by atoms with E-state index in [0.29, 0.717) is 17.9 Å². The van der Waals surface area contributed by atoms with E-state index in [9.17, 15) is 13.2 Å². The van der Waals surface area contributed by atoms with E-state index in [1.165, 1.54) is 16.9 Å². The van der Waals surface area contributed by atoms with Crippen LogP contribution in [-0.4, -0.2) is 40.6 Å². The first kappa shape index (κ1) is 20.7. The predicted molar refractivity (Wildman–Crippen MR) is 119 cm³/mol. The normalized spacial score (nSPS) is 17.9. The molecule has 1 atom stereocenters. The summed E-state index contributed by atoms with van der Waals surface area (Å²) in [5.74, 6) is 0.550. The van der Waals surface area contributed by atoms with E-state index < -0.39 is 9.84 Å². The Bertz CT molecular complexity index is 1160. The molecule has 0 radical (unpaired) electrons. The number of hydrogen-bond acceptors (Lipinski definition) is 6. The van der Waals surface area contributed by atoms with Gasteiger partial charge in [-0.15, -0.1) is 11.3 Å². The first-order valence-electron chi connectivity index (χ1n) is 9.93. The smallest absolute Gasteiger partial charge is 0.231 e. The van der Waals surface area contributed by atoms with Crippen LogP contribution in [-0.2, 0) is 27.5 Å². The molecule has 9 heteroatoms. The standard InChI is InChI=1S/C21H24N4O3S2/c1-3-15-4-6-16(7-5-15)21-22-17(12-29-21)11-20(26)23-19-10-14(2)24-25(19)18-8-9-30(27,28)13-18/h4-7,10,12,18H,3,8-9,11,13H2,1-2H3,(H,23,26). The van der Waals surface area contributed by atoms with Crippen molar-refractivity contribution in [2.75, 3.05) is 16.8 Å². The van der Waals surface area contributed by atoms with Crippen LogP contribution in [0.5, 0.6) is 0 Å². The van der Waals surface area contributed by atoms with Crippen LogP contribution in [0.25, 0.3) is 10.6 Å². The minimum Gasteiger partial charge on any atom is -0.311 e. The van der Waals surface area contributed by atoms with Crippen molar-refractivity contribution in [3.63, 3.8) is 0 Å². The molecule has 0 bridgehead atoms. The van der Waals surface area contributed by atoms with Gasteiger partial charge in [-0.25, -0.2) is 18.1 Å². The number of benzene rings is 1. The summed E-state index contributed by atoms with van der Waals surface area (Å²) >= 11 is 1.52. The number of thiazole rings is 1. The monoisotopic (exact) mass is 444 g/mol. The zero-order chi connectivity index (χ0) is 21.3. The van der Waals surface area contributed by atoms with Crippen molar-refractivity contribution in [2.45, 2.75) is 39.2 Å². The minimum atomic E-state index is -3.04. The molecule has 4 rings (SSSR count). The SMILES string of the molecule is CCc1ccc(-c2nc(CC(=O)Nc3cc(C)nn3C3CCS(=O)(=O)C3)cs2)cc1. The third kappa shape index (κ3) is 4.62. The van der Waals surface area contributed by atoms with Crippen LogP contribution in [0.1, 0.15) is 36.3 Å². The summed E-state index contributed by atoms with van der Waals surface area (Å²) in [7, 11) is -3.04. The molecule has 0 saturated carbocycles. The Hall–Kier alpha value is -2.52. The maximum atomic E-state index is 12.6. The van der Waals surface area contributed by atoms with Crippen LogP contribution >= 0.6 is 11.3 Å². The second kappa shape index (κ2) is 8.31. The number of sulfone groups is 1. The van der Waals surface area contributed by atoms with Crippen LogP contribution < -0.4 is 5.32 Å². The molecular weight excluding hydrogens is 420 g/mol. The molecule has 1 aliphatic rings. The molecule has 1 unspecified atom stereocenters. The molecule has 1 aliphatic heterocycles. The molecule has 3 aromatic rings. The van der Waals surface area contributed by atoms with Crippen LogP contribution in [0.4, 0.5) is 5.82 Å². The number of nitrogens with zero attached hydrogens (tertiary/aromatic N) is 3. The number of carbonyl (C=O) groups excluding carboxylic acids is 1. The Morgan fingerprint density at radius 2 is 2.07 bits per heavy atom. The van der Waals surface area contributed by atoms with Gasteiger partial charge in [0.05, 0.1) is 35.4 Å². The molecule has 1 aromatic carbocycles. The first-order valence-corrected chi connectivity index (χ1v) is 12.6. The Kier molecular flexibility index (Phi) is 5.75. The van der Waals surface area contributed by atoms with Crippen LogP contribution in [0.2, 0.25) is 0 Å². The summed E-state index contributed by atoms with van der Waals surface area (Å²) in [5, 5.41) is 10.1. The Labute approximate surface area is 180 Å². The highest BCUT2D eigenvalue weighted by molar-refractivity contribution is 7.91. The van der Waals surface area contributed by atoms with Crippen molar-refractivity contribution in [2.24, 2.45) is 0 Å². The molecule has 30 heavy (non-hydrogen) atoms. The van der Waals surface area contributed by atoms with Crippen molar-refractivity contribution in [1.82, 2.24) is 14.8 Å². The first-order chi connectivity index (χ1) is 14.3. The molecule has 0 aliphatic carbocycles. The summed E-state index contributed by atoms with van der Waals surface area (Å²) in [4.78, 5) is 17.2. The highest BCUT2D eigenvalue weighted by atomic mass is 32.2. The number of rotatable bonds is 6. The number of nitrogens with one attached hydrogen (secondary N) is 1. The lowest BCUT2D eigenvalue weighted by Gasteiger charge is -2.13. The van der Waals surface area contributed by atoms with Gasteiger partial charge in [0, 0.05) is 17.0 Å². The van der Waals surface area contributed by atoms with Crippen LogP contribution in [0.15, 0.2) is 35.7 Å². The summed E-state index contributed by atoms with van der Waals surface area (Å²) in [6.45, 7) is 3.94. The molecule has 1 N–H and O–H groups in total. The van der Waals surface area contributed by atoms with E-state index in [1.54, 1.807) is 10.7 Å². The molecule has 2 aromatic heterocycles. The molecule has 1 amide bonds. The third-order valence-corrected chi connectivity index (χ3v) is 7.87. The number of carbonyl (C=O) groups is 1. The average molecular weight is 445 g/mol. The highest BCUT2D eigenvalue weighted by Gasteiger charge is 2.31. The van der Waals surface area contributed by atoms with Gasteiger partial charge in [0.15, 0.2) is 9.84 Å². The molecule has 1 fully saturated rings. The fourth-order valence-electron chi connectivity index (χ4n) is 3.61. The highest BCUT2D eigenvalue weighted by Crippen LogP contribution is 2.28. The quantitative estimate of drug-likeness (QED) is 0.629. The topological polar surface area (TPSA) is 93.9 Å². The van der Waals surface area contributed by atoms with Gasteiger partial charge in [-0.2, -0.15) is 5.10 Å². The van der Waals surface area contributed by atoms with Gasteiger partial charge in [-0.05, 0) is 25.3 Å². The van der Waals surface area contributed by atoms with Crippen molar-refractivity contribution < 1.29 is 13.2 Å². The van der Waals surface area contributed by atoms with Crippen molar-refractivity contribution in [3.8, 4) is 10.6 Å². The van der Waals surface area contributed by atoms with Crippen molar-refractivity contribution in [1.29, 1.82) is 0 Å². The molecule has 0 spiro atoms. The second-order valence-electron chi connectivity index (χ2n) is 7.59. The van der Waals surface area contributed by atoms with E-state index in [1.807, 2.05) is 12.3 Å². The van der Waals surface area contributed by atoms with Crippen LogP contribution in [0.3, 0.4) is 0 Å². The van der Waals surface area contributed by atoms with Gasteiger partial charge in [-0.3, -0.25) is 4.79 Å². The second-order valence-corrected chi connectivity index (χ2v) is 10.7. The van der Waals surface area contributed by atoms with Gasteiger partial charge < -0.3 is 5.32 Å². The molecule has 7 nitrogen and oxygen atoms in total. The number of anilines is 1. The van der Waals surface area contributed by atoms with Crippen LogP contribution in [0, 0.1) is 6.92 Å². The predicted octanol–water partition coefficient (Wildman–Crippen LogP) is 3.42. The van der Waals surface area contributed by atoms with Gasteiger partial charge in [0.2, 0.25) is 5.91 Å². The van der Waals surface area contributed by atoms with Crippen molar-refractivity contribution >= 4 is 32.9 Å². The van der Waals surface area contributed by atoms with Gasteiger partial charge in [-0.1, -0.05) is 31.2 Å². The van der Waals surface area contributed by atoms with E-state index in [0.717, 1.165) is 22.7 Å². The lowest BCUT2D eigenvalue weighted by atomic mass is 10.1. The third-order valence-electron chi connectivity index (χ3n) is 5.18. The summed E-state index contributed by atoms with van der Waals surface area (Å²) in [6, 6.07) is 9.82. The summed E-state index contributed by atoms with van der Waals surface area (Å²) in [5.41, 5.74) is 3.76. The fraction of sp³-hybridized carbons (Fsp3) is 0.381. The molecule has 158 valence electrons. The maximum absolute atomic E-state index is 12.6. The number of amides is 1. The zero-order valence-corrected chi connectivity index (χ0v) is 18.6. The average Bonchev–Trinajstić information content (AvgIpc) is 3.40. The van der Waals surface area contributed by atoms with E-state index >= 15 is 0 Å². The van der Waals surface area contributed by atoms with E-state index in [4.69, 9.17) is 0 Å². The fourth-order valence-corrected chi connectivity index (χ4v) is 6.13. The van der Waals surface area contributed by atoms with Gasteiger partial charge >= 0.3 is 0 Å². The summed E-state index contributed by atoms with van der Waals surface area (Å²) < 4.78 is 25.3. The summed E-state index contributed by atoms with van der Waals surface area (Å²) in [6.07, 6.45) is 1.65. The Balaban J connectivity index is 1.44. The lowest BCUT2D eigenvalue weighted by molar-refractivity contribution is -0.115. The van der Waals surface area contributed by atoms with E-state index in [2.05, 4.69) is 46.6 Å². The Morgan fingerprint density at radius 3 is 2.73 bits per heavy atom. The number of aryl methyl sites for hydroxylation is 2. The number of hydrogen-bond donors (Lipinski definition) is 1. The Morgan fingerprint density at radius 1 is 1.30 bits per heavy atom. The van der Waals surface area contributed by atoms with E-state index in [-0.39, 0.29) is 29.9 Å². The zero-order valence-electron chi connectivity index (χ0n) is 17.0. The van der Waals surface area contributed by atoms with Gasteiger partial charge in [0.25, 0.3) is 0 Å². The molecule has 1 saturated heterocycles. The molecular formula is C21H24N4O3S2. The molecule has 3 heterocycles. The van der Waals surface area contributed by atoms with Crippen molar-refractivity contribution in [3.05, 3.63) is 52.7 Å². The minimum absolute atomic E-state index is 0.0588. The number of aromatic nitrogens is 3. The largest absolute Gasteiger partial charge is 0.311 e.